The van der Waals surface area contributed by atoms with Crippen LogP contribution in [0.25, 0.3) is 0 Å². The Labute approximate surface area is 120 Å². The van der Waals surface area contributed by atoms with E-state index in [0.29, 0.717) is 16.8 Å². The second-order valence-electron chi connectivity index (χ2n) is 3.24. The first kappa shape index (κ1) is 12.6. The number of ether oxygens (including phenoxy) is 1. The van der Waals surface area contributed by atoms with Gasteiger partial charge in [0.15, 0.2) is 5.75 Å². The number of aromatic nitrogens is 2. The van der Waals surface area contributed by atoms with Gasteiger partial charge in [-0.15, -0.1) is 0 Å². The molecule has 2 aromatic rings. The second kappa shape index (κ2) is 5.63. The Morgan fingerprint density at radius 1 is 1.41 bits per heavy atom. The molecule has 0 aliphatic carbocycles. The normalized spacial score (nSPS) is 10.2. The minimum Gasteiger partial charge on any atom is -0.485 e. The quantitative estimate of drug-likeness (QED) is 0.629. The lowest BCUT2D eigenvalue weighted by Crippen LogP contribution is -2.11. The van der Waals surface area contributed by atoms with Crippen molar-refractivity contribution in [2.45, 2.75) is 6.61 Å². The standard InChI is InChI=1S/C11H8BrIN2O2/c12-8-4-3-7(15-11(8)16)6-17-9-2-1-5-14-10(9)13/h1-5H,6H2,(H,15,16). The molecule has 4 nitrogen and oxygen atoms in total. The molecule has 2 rings (SSSR count). The van der Waals surface area contributed by atoms with Crippen LogP contribution < -0.4 is 10.3 Å². The summed E-state index contributed by atoms with van der Waals surface area (Å²) in [4.78, 5) is 18.2. The van der Waals surface area contributed by atoms with E-state index in [1.165, 1.54) is 0 Å². The maximum Gasteiger partial charge on any atom is 0.262 e. The highest BCUT2D eigenvalue weighted by Gasteiger charge is 2.02. The van der Waals surface area contributed by atoms with Gasteiger partial charge in [0.1, 0.15) is 10.3 Å². The zero-order valence-electron chi connectivity index (χ0n) is 8.61. The molecule has 6 heteroatoms. The van der Waals surface area contributed by atoms with Crippen LogP contribution in [0.1, 0.15) is 5.69 Å². The zero-order chi connectivity index (χ0) is 12.3. The lowest BCUT2D eigenvalue weighted by molar-refractivity contribution is 0.297. The van der Waals surface area contributed by atoms with E-state index in [9.17, 15) is 4.79 Å². The van der Waals surface area contributed by atoms with Crippen molar-refractivity contribution in [2.75, 3.05) is 0 Å². The summed E-state index contributed by atoms with van der Waals surface area (Å²) in [5, 5.41) is 0. The van der Waals surface area contributed by atoms with E-state index >= 15 is 0 Å². The van der Waals surface area contributed by atoms with E-state index in [-0.39, 0.29) is 5.56 Å². The number of halogens is 2. The third kappa shape index (κ3) is 3.29. The monoisotopic (exact) mass is 406 g/mol. The van der Waals surface area contributed by atoms with Crippen molar-refractivity contribution in [2.24, 2.45) is 0 Å². The molecule has 0 amide bonds. The van der Waals surface area contributed by atoms with Crippen molar-refractivity contribution in [3.63, 3.8) is 0 Å². The summed E-state index contributed by atoms with van der Waals surface area (Å²) in [6.45, 7) is 0.310. The molecule has 0 bridgehead atoms. The zero-order valence-corrected chi connectivity index (χ0v) is 12.4. The number of nitrogens with zero attached hydrogens (tertiary/aromatic N) is 1. The van der Waals surface area contributed by atoms with E-state index in [1.807, 2.05) is 12.1 Å². The predicted molar refractivity (Wildman–Crippen MR) is 76.0 cm³/mol. The summed E-state index contributed by atoms with van der Waals surface area (Å²) in [5.41, 5.74) is 0.560. The molecule has 0 fully saturated rings. The maximum absolute atomic E-state index is 11.3. The minimum absolute atomic E-state index is 0.160. The Morgan fingerprint density at radius 2 is 2.24 bits per heavy atom. The number of hydrogen-bond acceptors (Lipinski definition) is 3. The first-order chi connectivity index (χ1) is 8.16. The largest absolute Gasteiger partial charge is 0.485 e. The Hall–Kier alpha value is -0.890. The molecule has 17 heavy (non-hydrogen) atoms. The Bertz CT molecular complexity index is 586. The number of hydrogen-bond donors (Lipinski definition) is 1. The van der Waals surface area contributed by atoms with Gasteiger partial charge >= 0.3 is 0 Å². The van der Waals surface area contributed by atoms with Crippen LogP contribution in [0, 0.1) is 3.70 Å². The topological polar surface area (TPSA) is 55.0 Å². The van der Waals surface area contributed by atoms with E-state index in [1.54, 1.807) is 18.3 Å². The van der Waals surface area contributed by atoms with Crippen LogP contribution in [-0.2, 0) is 6.61 Å². The second-order valence-corrected chi connectivity index (χ2v) is 5.12. The lowest BCUT2D eigenvalue weighted by Gasteiger charge is -2.07. The van der Waals surface area contributed by atoms with Crippen molar-refractivity contribution >= 4 is 38.5 Å². The van der Waals surface area contributed by atoms with Crippen molar-refractivity contribution in [1.29, 1.82) is 0 Å². The molecule has 0 aliphatic heterocycles. The highest BCUT2D eigenvalue weighted by molar-refractivity contribution is 14.1. The van der Waals surface area contributed by atoms with Gasteiger partial charge in [0.2, 0.25) is 0 Å². The van der Waals surface area contributed by atoms with Crippen molar-refractivity contribution < 1.29 is 4.74 Å². The average Bonchev–Trinajstić information content (AvgIpc) is 2.32. The smallest absolute Gasteiger partial charge is 0.262 e. The van der Waals surface area contributed by atoms with Crippen LogP contribution in [0.5, 0.6) is 5.75 Å². The van der Waals surface area contributed by atoms with Gasteiger partial charge in [-0.1, -0.05) is 0 Å². The van der Waals surface area contributed by atoms with Crippen molar-refractivity contribution in [1.82, 2.24) is 9.97 Å². The molecule has 0 saturated heterocycles. The van der Waals surface area contributed by atoms with Gasteiger partial charge < -0.3 is 9.72 Å². The summed E-state index contributed by atoms with van der Waals surface area (Å²) in [6.07, 6.45) is 1.70. The van der Waals surface area contributed by atoms with Crippen LogP contribution in [-0.4, -0.2) is 9.97 Å². The third-order valence-electron chi connectivity index (χ3n) is 2.03. The molecule has 0 spiro atoms. The molecule has 0 unspecified atom stereocenters. The van der Waals surface area contributed by atoms with E-state index in [0.717, 1.165) is 9.39 Å². The minimum atomic E-state index is -0.160. The Balaban J connectivity index is 2.10. The molecule has 2 heterocycles. The summed E-state index contributed by atoms with van der Waals surface area (Å²) < 4.78 is 6.87. The summed E-state index contributed by atoms with van der Waals surface area (Å²) >= 11 is 5.24. The fourth-order valence-electron chi connectivity index (χ4n) is 1.22. The van der Waals surface area contributed by atoms with Crippen LogP contribution in [0.2, 0.25) is 0 Å². The average molecular weight is 407 g/mol. The number of rotatable bonds is 3. The molecule has 0 saturated carbocycles. The number of pyridine rings is 2. The molecular formula is C11H8BrIN2O2. The number of aromatic amines is 1. The first-order valence-corrected chi connectivity index (χ1v) is 6.65. The fourth-order valence-corrected chi connectivity index (χ4v) is 1.94. The molecule has 0 aliphatic rings. The summed E-state index contributed by atoms with van der Waals surface area (Å²) in [5.74, 6) is 0.705. The van der Waals surface area contributed by atoms with Crippen molar-refractivity contribution in [3.8, 4) is 5.75 Å². The van der Waals surface area contributed by atoms with E-state index in [4.69, 9.17) is 4.74 Å². The molecule has 0 radical (unpaired) electrons. The highest BCUT2D eigenvalue weighted by atomic mass is 127. The Kier molecular flexibility index (Phi) is 4.16. The predicted octanol–water partition coefficient (Wildman–Crippen LogP) is 2.72. The van der Waals surface area contributed by atoms with Gasteiger partial charge in [0, 0.05) is 6.20 Å². The molecule has 0 atom stereocenters. The van der Waals surface area contributed by atoms with Gasteiger partial charge in [-0.25, -0.2) is 4.98 Å². The van der Waals surface area contributed by atoms with Gasteiger partial charge in [0.25, 0.3) is 5.56 Å². The summed E-state index contributed by atoms with van der Waals surface area (Å²) in [7, 11) is 0. The third-order valence-corrected chi connectivity index (χ3v) is 3.46. The van der Waals surface area contributed by atoms with Gasteiger partial charge in [-0.2, -0.15) is 0 Å². The number of nitrogens with one attached hydrogen (secondary N) is 1. The van der Waals surface area contributed by atoms with Crippen LogP contribution in [0.15, 0.2) is 39.7 Å². The SMILES string of the molecule is O=c1[nH]c(COc2cccnc2I)ccc1Br. The molecule has 2 aromatic heterocycles. The van der Waals surface area contributed by atoms with Crippen LogP contribution in [0.3, 0.4) is 0 Å². The van der Waals surface area contributed by atoms with Gasteiger partial charge in [-0.3, -0.25) is 4.79 Å². The first-order valence-electron chi connectivity index (χ1n) is 4.78. The van der Waals surface area contributed by atoms with E-state index in [2.05, 4.69) is 48.5 Å². The Morgan fingerprint density at radius 3 is 2.94 bits per heavy atom. The van der Waals surface area contributed by atoms with Gasteiger partial charge in [0.05, 0.1) is 10.2 Å². The van der Waals surface area contributed by atoms with Crippen LogP contribution in [0.4, 0.5) is 0 Å². The summed E-state index contributed by atoms with van der Waals surface area (Å²) in [6, 6.07) is 7.15. The highest BCUT2D eigenvalue weighted by Crippen LogP contribution is 2.18. The molecule has 1 N–H and O–H groups in total. The molecule has 0 aromatic carbocycles. The number of H-pyrrole nitrogens is 1. The van der Waals surface area contributed by atoms with Gasteiger partial charge in [-0.05, 0) is 62.8 Å². The molecular weight excluding hydrogens is 399 g/mol. The molecule has 88 valence electrons. The lowest BCUT2D eigenvalue weighted by atomic mass is 10.4. The maximum atomic E-state index is 11.3. The van der Waals surface area contributed by atoms with Crippen LogP contribution >= 0.6 is 38.5 Å². The van der Waals surface area contributed by atoms with Crippen molar-refractivity contribution in [3.05, 3.63) is 54.7 Å². The fraction of sp³-hybridized carbons (Fsp3) is 0.0909. The van der Waals surface area contributed by atoms with E-state index < -0.39 is 0 Å².